The molecule has 0 aliphatic heterocycles. The molecular formula is C13H11NO. The topological polar surface area (TPSA) is 32.9 Å². The third kappa shape index (κ3) is 1.14. The van der Waals surface area contributed by atoms with Crippen molar-refractivity contribution in [3.05, 3.63) is 41.1 Å². The lowest BCUT2D eigenvalue weighted by molar-refractivity contribution is 0.0990. The SMILES string of the molecule is Cc1ccc2c3c([nH]c2c1)C(=O)CC=C3. The fraction of sp³-hybridized carbons (Fsp3) is 0.154. The lowest BCUT2D eigenvalue weighted by Crippen LogP contribution is -2.02. The number of allylic oxidation sites excluding steroid dienone is 1. The Kier molecular flexibility index (Phi) is 1.60. The van der Waals surface area contributed by atoms with Gasteiger partial charge in [0.25, 0.3) is 0 Å². The van der Waals surface area contributed by atoms with Gasteiger partial charge in [-0.2, -0.15) is 0 Å². The molecule has 0 atom stereocenters. The largest absolute Gasteiger partial charge is 0.352 e. The van der Waals surface area contributed by atoms with Gasteiger partial charge < -0.3 is 4.98 Å². The van der Waals surface area contributed by atoms with E-state index >= 15 is 0 Å². The van der Waals surface area contributed by atoms with E-state index in [1.165, 1.54) is 5.56 Å². The molecule has 0 amide bonds. The first-order valence-electron chi connectivity index (χ1n) is 5.08. The Morgan fingerprint density at radius 1 is 1.33 bits per heavy atom. The number of carbonyl (C=O) groups excluding carboxylic acids is 1. The molecule has 0 fully saturated rings. The molecular weight excluding hydrogens is 186 g/mol. The Balaban J connectivity index is 2.41. The minimum Gasteiger partial charge on any atom is -0.352 e. The minimum atomic E-state index is 0.182. The number of carbonyl (C=O) groups is 1. The molecule has 15 heavy (non-hydrogen) atoms. The molecule has 2 nitrogen and oxygen atoms in total. The van der Waals surface area contributed by atoms with E-state index in [2.05, 4.69) is 30.1 Å². The number of aromatic amines is 1. The number of ketones is 1. The average Bonchev–Trinajstić information content (AvgIpc) is 2.57. The molecule has 1 N–H and O–H groups in total. The molecule has 2 heteroatoms. The van der Waals surface area contributed by atoms with E-state index in [1.807, 2.05) is 12.2 Å². The summed E-state index contributed by atoms with van der Waals surface area (Å²) in [4.78, 5) is 14.9. The van der Waals surface area contributed by atoms with E-state index in [4.69, 9.17) is 0 Å². The van der Waals surface area contributed by atoms with Gasteiger partial charge in [-0.05, 0) is 18.6 Å². The lowest BCUT2D eigenvalue weighted by atomic mass is 10.0. The molecule has 0 saturated carbocycles. The van der Waals surface area contributed by atoms with Crippen LogP contribution in [0.2, 0.25) is 0 Å². The van der Waals surface area contributed by atoms with Gasteiger partial charge in [-0.15, -0.1) is 0 Å². The van der Waals surface area contributed by atoms with E-state index < -0.39 is 0 Å². The quantitative estimate of drug-likeness (QED) is 0.691. The molecule has 0 bridgehead atoms. The molecule has 1 aromatic heterocycles. The minimum absolute atomic E-state index is 0.182. The van der Waals surface area contributed by atoms with Crippen LogP contribution in [0, 0.1) is 6.92 Å². The summed E-state index contributed by atoms with van der Waals surface area (Å²) < 4.78 is 0. The summed E-state index contributed by atoms with van der Waals surface area (Å²) in [5.41, 5.74) is 4.07. The maximum absolute atomic E-state index is 11.7. The van der Waals surface area contributed by atoms with Gasteiger partial charge >= 0.3 is 0 Å². The number of H-pyrrole nitrogens is 1. The number of hydrogen-bond donors (Lipinski definition) is 1. The van der Waals surface area contributed by atoms with Crippen molar-refractivity contribution in [2.45, 2.75) is 13.3 Å². The zero-order valence-corrected chi connectivity index (χ0v) is 8.50. The third-order valence-electron chi connectivity index (χ3n) is 2.86. The van der Waals surface area contributed by atoms with E-state index in [9.17, 15) is 4.79 Å². The summed E-state index contributed by atoms with van der Waals surface area (Å²) in [7, 11) is 0. The summed E-state index contributed by atoms with van der Waals surface area (Å²) in [6.45, 7) is 2.05. The van der Waals surface area contributed by atoms with Crippen LogP contribution >= 0.6 is 0 Å². The number of hydrogen-bond acceptors (Lipinski definition) is 1. The highest BCUT2D eigenvalue weighted by atomic mass is 16.1. The normalized spacial score (nSPS) is 14.6. The predicted molar refractivity (Wildman–Crippen MR) is 61.0 cm³/mol. The van der Waals surface area contributed by atoms with Gasteiger partial charge in [0, 0.05) is 22.9 Å². The maximum Gasteiger partial charge on any atom is 0.183 e. The van der Waals surface area contributed by atoms with Gasteiger partial charge in [-0.1, -0.05) is 24.3 Å². The third-order valence-corrected chi connectivity index (χ3v) is 2.86. The highest BCUT2D eigenvalue weighted by molar-refractivity contribution is 6.08. The van der Waals surface area contributed by atoms with Gasteiger partial charge in [-0.25, -0.2) is 0 Å². The number of rotatable bonds is 0. The first-order chi connectivity index (χ1) is 7.25. The molecule has 2 aromatic rings. The van der Waals surface area contributed by atoms with E-state index in [0.29, 0.717) is 6.42 Å². The van der Waals surface area contributed by atoms with Gasteiger partial charge in [0.2, 0.25) is 0 Å². The number of fused-ring (bicyclic) bond motifs is 3. The molecule has 1 aliphatic rings. The number of benzene rings is 1. The Morgan fingerprint density at radius 2 is 2.20 bits per heavy atom. The van der Waals surface area contributed by atoms with Crippen LogP contribution in [0.4, 0.5) is 0 Å². The molecule has 0 spiro atoms. The van der Waals surface area contributed by atoms with Crippen molar-refractivity contribution in [3.63, 3.8) is 0 Å². The molecule has 1 heterocycles. The van der Waals surface area contributed by atoms with Gasteiger partial charge in [-0.3, -0.25) is 4.79 Å². The van der Waals surface area contributed by atoms with Crippen molar-refractivity contribution in [1.82, 2.24) is 4.98 Å². The molecule has 0 radical (unpaired) electrons. The number of aryl methyl sites for hydroxylation is 1. The molecule has 1 aromatic carbocycles. The Hall–Kier alpha value is -1.83. The first-order valence-corrected chi connectivity index (χ1v) is 5.08. The van der Waals surface area contributed by atoms with Crippen LogP contribution < -0.4 is 0 Å². The van der Waals surface area contributed by atoms with Crippen LogP contribution in [0.5, 0.6) is 0 Å². The Morgan fingerprint density at radius 3 is 3.07 bits per heavy atom. The van der Waals surface area contributed by atoms with Crippen molar-refractivity contribution >= 4 is 22.8 Å². The zero-order valence-electron chi connectivity index (χ0n) is 8.50. The fourth-order valence-corrected chi connectivity index (χ4v) is 2.11. The van der Waals surface area contributed by atoms with Crippen molar-refractivity contribution < 1.29 is 4.79 Å². The highest BCUT2D eigenvalue weighted by Gasteiger charge is 2.17. The highest BCUT2D eigenvalue weighted by Crippen LogP contribution is 2.28. The number of nitrogens with one attached hydrogen (secondary N) is 1. The molecule has 0 unspecified atom stereocenters. The van der Waals surface area contributed by atoms with Crippen LogP contribution in [-0.2, 0) is 0 Å². The fourth-order valence-electron chi connectivity index (χ4n) is 2.11. The van der Waals surface area contributed by atoms with Crippen LogP contribution in [0.15, 0.2) is 24.3 Å². The smallest absolute Gasteiger partial charge is 0.183 e. The Labute approximate surface area is 87.6 Å². The predicted octanol–water partition coefficient (Wildman–Crippen LogP) is 3.08. The van der Waals surface area contributed by atoms with E-state index in [0.717, 1.165) is 22.2 Å². The monoisotopic (exact) mass is 197 g/mol. The molecule has 0 saturated heterocycles. The van der Waals surface area contributed by atoms with Crippen molar-refractivity contribution in [2.75, 3.05) is 0 Å². The van der Waals surface area contributed by atoms with Crippen LogP contribution in [-0.4, -0.2) is 10.8 Å². The van der Waals surface area contributed by atoms with Gasteiger partial charge in [0.05, 0.1) is 5.69 Å². The first kappa shape index (κ1) is 8.48. The van der Waals surface area contributed by atoms with Crippen molar-refractivity contribution in [3.8, 4) is 0 Å². The van der Waals surface area contributed by atoms with Gasteiger partial charge in [0.1, 0.15) is 0 Å². The van der Waals surface area contributed by atoms with E-state index in [-0.39, 0.29) is 5.78 Å². The maximum atomic E-state index is 11.7. The number of aromatic nitrogens is 1. The summed E-state index contributed by atoms with van der Waals surface area (Å²) in [5, 5.41) is 1.14. The van der Waals surface area contributed by atoms with Crippen LogP contribution in [0.1, 0.15) is 28.0 Å². The zero-order chi connectivity index (χ0) is 10.4. The van der Waals surface area contributed by atoms with E-state index in [1.54, 1.807) is 0 Å². The standard InChI is InChI=1S/C13H11NO/c1-8-5-6-9-10-3-2-4-12(15)13(10)14-11(9)7-8/h2-3,5-7,14H,4H2,1H3. The van der Waals surface area contributed by atoms with Gasteiger partial charge in [0.15, 0.2) is 5.78 Å². The van der Waals surface area contributed by atoms with Crippen molar-refractivity contribution in [2.24, 2.45) is 0 Å². The second-order valence-electron chi connectivity index (χ2n) is 3.99. The average molecular weight is 197 g/mol. The van der Waals surface area contributed by atoms with Crippen molar-refractivity contribution in [1.29, 1.82) is 0 Å². The molecule has 74 valence electrons. The number of Topliss-reactive ketones (excluding diaryl/α,β-unsaturated/α-hetero) is 1. The summed E-state index contributed by atoms with van der Waals surface area (Å²) >= 11 is 0. The van der Waals surface area contributed by atoms with Crippen LogP contribution in [0.3, 0.4) is 0 Å². The second kappa shape index (κ2) is 2.83. The Bertz CT molecular complexity index is 590. The molecule has 3 rings (SSSR count). The summed E-state index contributed by atoms with van der Waals surface area (Å²) in [6.07, 6.45) is 4.47. The second-order valence-corrected chi connectivity index (χ2v) is 3.99. The summed E-state index contributed by atoms with van der Waals surface area (Å²) in [6, 6.07) is 6.22. The lowest BCUT2D eigenvalue weighted by Gasteiger charge is -2.02. The summed E-state index contributed by atoms with van der Waals surface area (Å²) in [5.74, 6) is 0.182. The molecule has 1 aliphatic carbocycles. The van der Waals surface area contributed by atoms with Crippen LogP contribution in [0.25, 0.3) is 17.0 Å².